The molecule has 0 aromatic heterocycles. The smallest absolute Gasteiger partial charge is 0.417 e. The Morgan fingerprint density at radius 2 is 1.48 bits per heavy atom. The molecule has 131 valence electrons. The van der Waals surface area contributed by atoms with Crippen molar-refractivity contribution in [3.05, 3.63) is 94.5 Å². The monoisotopic (exact) mass is 357 g/mol. The first kappa shape index (κ1) is 15.6. The van der Waals surface area contributed by atoms with Crippen LogP contribution in [-0.4, -0.2) is 12.4 Å². The van der Waals surface area contributed by atoms with Gasteiger partial charge in [0.2, 0.25) is 0 Å². The Balaban J connectivity index is 1.83. The van der Waals surface area contributed by atoms with Crippen LogP contribution in [0.3, 0.4) is 0 Å². The first-order valence-electron chi connectivity index (χ1n) is 8.47. The molecule has 1 spiro atoms. The van der Waals surface area contributed by atoms with Crippen LogP contribution in [0.2, 0.25) is 0 Å². The zero-order chi connectivity index (χ0) is 18.4. The molecule has 5 nitrogen and oxygen atoms in total. The lowest BCUT2D eigenvalue weighted by Crippen LogP contribution is -2.32. The van der Waals surface area contributed by atoms with E-state index in [2.05, 4.69) is 0 Å². The second-order valence-corrected chi connectivity index (χ2v) is 6.38. The maximum absolute atomic E-state index is 12.9. The van der Waals surface area contributed by atoms with Crippen LogP contribution in [0, 0.1) is 0 Å². The van der Waals surface area contributed by atoms with E-state index in [1.807, 2.05) is 60.7 Å². The third kappa shape index (κ3) is 2.05. The van der Waals surface area contributed by atoms with Gasteiger partial charge in [-0.3, -0.25) is 0 Å². The quantitative estimate of drug-likeness (QED) is 0.667. The Bertz CT molecular complexity index is 1040. The fraction of sp³-hybridized carbons (Fsp3) is 0.0909. The summed E-state index contributed by atoms with van der Waals surface area (Å²) in [6.07, 6.45) is 0. The molecular formula is C22H13O5. The maximum Gasteiger partial charge on any atom is 0.417 e. The van der Waals surface area contributed by atoms with Gasteiger partial charge in [0.1, 0.15) is 18.1 Å². The van der Waals surface area contributed by atoms with Gasteiger partial charge in [-0.15, -0.1) is 0 Å². The molecule has 5 heteroatoms. The van der Waals surface area contributed by atoms with E-state index >= 15 is 0 Å². The highest BCUT2D eigenvalue weighted by Gasteiger charge is 2.53. The zero-order valence-electron chi connectivity index (χ0n) is 14.1. The number of benzene rings is 3. The van der Waals surface area contributed by atoms with Crippen LogP contribution < -0.4 is 4.74 Å². The summed E-state index contributed by atoms with van der Waals surface area (Å²) < 4.78 is 16.9. The van der Waals surface area contributed by atoms with E-state index in [4.69, 9.17) is 14.2 Å². The summed E-state index contributed by atoms with van der Waals surface area (Å²) in [6, 6.07) is 20.5. The Morgan fingerprint density at radius 3 is 2.15 bits per heavy atom. The molecular weight excluding hydrogens is 344 g/mol. The van der Waals surface area contributed by atoms with Gasteiger partial charge in [0, 0.05) is 22.3 Å². The van der Waals surface area contributed by atoms with Gasteiger partial charge in [-0.05, 0) is 12.1 Å². The number of esters is 1. The average molecular weight is 357 g/mol. The summed E-state index contributed by atoms with van der Waals surface area (Å²) in [5.74, 6) is 0.820. The normalized spacial score (nSPS) is 15.2. The van der Waals surface area contributed by atoms with Crippen LogP contribution in [0.4, 0.5) is 0 Å². The summed E-state index contributed by atoms with van der Waals surface area (Å²) in [4.78, 5) is 23.4. The molecule has 0 bridgehead atoms. The highest BCUT2D eigenvalue weighted by Crippen LogP contribution is 2.56. The predicted octanol–water partition coefficient (Wildman–Crippen LogP) is 3.84. The standard InChI is InChI=1S/C22H13O5/c23-13-25-12-14-6-5-9-17-20(14)21(24)27-22(17)15-7-1-3-10-18(15)26-19-11-4-2-8-16(19)22/h1-11H,12H2. The molecule has 3 aromatic carbocycles. The molecule has 0 saturated heterocycles. The molecule has 2 heterocycles. The molecule has 27 heavy (non-hydrogen) atoms. The van der Waals surface area contributed by atoms with Crippen molar-refractivity contribution in [2.24, 2.45) is 0 Å². The van der Waals surface area contributed by atoms with Crippen LogP contribution >= 0.6 is 0 Å². The molecule has 0 saturated carbocycles. The second-order valence-electron chi connectivity index (χ2n) is 6.38. The summed E-state index contributed by atoms with van der Waals surface area (Å²) in [5.41, 5.74) is 2.13. The van der Waals surface area contributed by atoms with E-state index in [0.717, 1.165) is 11.1 Å². The Labute approximate surface area is 155 Å². The van der Waals surface area contributed by atoms with Gasteiger partial charge in [0.15, 0.2) is 5.60 Å². The molecule has 0 amide bonds. The number of carbonyl (C=O) groups is 1. The fourth-order valence-electron chi connectivity index (χ4n) is 3.96. The van der Waals surface area contributed by atoms with E-state index in [0.29, 0.717) is 28.2 Å². The van der Waals surface area contributed by atoms with Gasteiger partial charge in [0.25, 0.3) is 0 Å². The molecule has 3 aromatic rings. The van der Waals surface area contributed by atoms with Crippen LogP contribution in [0.15, 0.2) is 66.7 Å². The average Bonchev–Trinajstić information content (AvgIpc) is 3.01. The van der Waals surface area contributed by atoms with Crippen molar-refractivity contribution in [2.75, 3.05) is 0 Å². The SMILES string of the molecule is O=[C]OCc1cccc2c1C(=O)OC21c2ccccc2Oc2ccccc21. The first-order valence-corrected chi connectivity index (χ1v) is 8.47. The van der Waals surface area contributed by atoms with Crippen molar-refractivity contribution in [1.29, 1.82) is 0 Å². The molecule has 0 N–H and O–H groups in total. The molecule has 2 aliphatic heterocycles. The molecule has 0 aliphatic carbocycles. The van der Waals surface area contributed by atoms with E-state index in [-0.39, 0.29) is 6.61 Å². The fourth-order valence-corrected chi connectivity index (χ4v) is 3.96. The second kappa shape index (κ2) is 5.71. The van der Waals surface area contributed by atoms with Crippen LogP contribution in [0.25, 0.3) is 0 Å². The van der Waals surface area contributed by atoms with Gasteiger partial charge in [-0.25, -0.2) is 9.59 Å². The highest BCUT2D eigenvalue weighted by atomic mass is 16.6. The number of rotatable bonds is 3. The highest BCUT2D eigenvalue weighted by molar-refractivity contribution is 5.98. The Morgan fingerprint density at radius 1 is 0.852 bits per heavy atom. The summed E-state index contributed by atoms with van der Waals surface area (Å²) in [6.45, 7) is 1.36. The summed E-state index contributed by atoms with van der Waals surface area (Å²) in [7, 11) is 0. The minimum atomic E-state index is -1.10. The van der Waals surface area contributed by atoms with E-state index in [9.17, 15) is 9.59 Å². The first-order chi connectivity index (χ1) is 13.3. The lowest BCUT2D eigenvalue weighted by Gasteiger charge is -2.36. The maximum atomic E-state index is 12.9. The van der Waals surface area contributed by atoms with Crippen molar-refractivity contribution >= 4 is 12.4 Å². The number of para-hydroxylation sites is 2. The van der Waals surface area contributed by atoms with Gasteiger partial charge in [-0.2, -0.15) is 0 Å². The van der Waals surface area contributed by atoms with Crippen LogP contribution in [-0.2, 0) is 26.5 Å². The van der Waals surface area contributed by atoms with E-state index < -0.39 is 11.6 Å². The predicted molar refractivity (Wildman–Crippen MR) is 95.2 cm³/mol. The number of fused-ring (bicyclic) bond motifs is 6. The van der Waals surface area contributed by atoms with E-state index in [1.165, 1.54) is 6.47 Å². The van der Waals surface area contributed by atoms with Crippen molar-refractivity contribution in [1.82, 2.24) is 0 Å². The number of ether oxygens (including phenoxy) is 3. The van der Waals surface area contributed by atoms with Crippen LogP contribution in [0.5, 0.6) is 11.5 Å². The van der Waals surface area contributed by atoms with Gasteiger partial charge >= 0.3 is 12.4 Å². The minimum Gasteiger partial charge on any atom is -0.456 e. The molecule has 1 radical (unpaired) electrons. The molecule has 0 atom stereocenters. The molecule has 0 unspecified atom stereocenters. The van der Waals surface area contributed by atoms with Crippen molar-refractivity contribution in [3.8, 4) is 11.5 Å². The summed E-state index contributed by atoms with van der Waals surface area (Å²) >= 11 is 0. The minimum absolute atomic E-state index is 0.0440. The molecule has 5 rings (SSSR count). The van der Waals surface area contributed by atoms with Gasteiger partial charge < -0.3 is 14.2 Å². The topological polar surface area (TPSA) is 61.8 Å². The summed E-state index contributed by atoms with van der Waals surface area (Å²) in [5, 5.41) is 0. The molecule has 0 fully saturated rings. The number of hydrogen-bond acceptors (Lipinski definition) is 5. The lowest BCUT2D eigenvalue weighted by molar-refractivity contribution is 0.0223. The van der Waals surface area contributed by atoms with Gasteiger partial charge in [0.05, 0.1) is 5.56 Å². The molecule has 2 aliphatic rings. The third-order valence-electron chi connectivity index (χ3n) is 5.02. The number of hydrogen-bond donors (Lipinski definition) is 0. The van der Waals surface area contributed by atoms with Crippen molar-refractivity contribution in [2.45, 2.75) is 12.2 Å². The van der Waals surface area contributed by atoms with Crippen molar-refractivity contribution in [3.63, 3.8) is 0 Å². The van der Waals surface area contributed by atoms with Gasteiger partial charge in [-0.1, -0.05) is 54.6 Å². The lowest BCUT2D eigenvalue weighted by atomic mass is 9.77. The largest absolute Gasteiger partial charge is 0.456 e. The third-order valence-corrected chi connectivity index (χ3v) is 5.02. The Kier molecular flexibility index (Phi) is 3.31. The van der Waals surface area contributed by atoms with Crippen molar-refractivity contribution < 1.29 is 23.8 Å². The Hall–Kier alpha value is -3.60. The zero-order valence-corrected chi connectivity index (χ0v) is 14.1. The number of carbonyl (C=O) groups excluding carboxylic acids is 2. The van der Waals surface area contributed by atoms with Crippen LogP contribution in [0.1, 0.15) is 32.6 Å². The van der Waals surface area contributed by atoms with E-state index in [1.54, 1.807) is 6.07 Å².